The highest BCUT2D eigenvalue weighted by atomic mass is 35.5. The van der Waals surface area contributed by atoms with Crippen molar-refractivity contribution in [3.63, 3.8) is 0 Å². The van der Waals surface area contributed by atoms with Crippen LogP contribution >= 0.6 is 11.6 Å². The van der Waals surface area contributed by atoms with E-state index in [0.717, 1.165) is 11.8 Å². The molecule has 1 unspecified atom stereocenters. The number of ether oxygens (including phenoxy) is 1. The van der Waals surface area contributed by atoms with Crippen LogP contribution in [-0.4, -0.2) is 38.2 Å². The van der Waals surface area contributed by atoms with Crippen LogP contribution < -0.4 is 14.4 Å². The van der Waals surface area contributed by atoms with Crippen molar-refractivity contribution < 1.29 is 17.9 Å². The Morgan fingerprint density at radius 2 is 2.08 bits per heavy atom. The largest absolute Gasteiger partial charge is 0.478 e. The van der Waals surface area contributed by atoms with Crippen molar-refractivity contribution >= 4 is 33.2 Å². The fourth-order valence-corrected chi connectivity index (χ4v) is 3.79. The molecule has 1 aromatic heterocycles. The SMILES string of the molecule is CS(=O)(=O)N1CCC(C(=O)NCc2ccncc2)Oc2ccc(Cl)cc21. The van der Waals surface area contributed by atoms with Gasteiger partial charge in [-0.3, -0.25) is 14.1 Å². The van der Waals surface area contributed by atoms with Gasteiger partial charge in [0.05, 0.1) is 11.9 Å². The quantitative estimate of drug-likeness (QED) is 0.854. The minimum atomic E-state index is -3.53. The Morgan fingerprint density at radius 3 is 2.77 bits per heavy atom. The average Bonchev–Trinajstić information content (AvgIpc) is 2.79. The number of nitrogens with one attached hydrogen (secondary N) is 1. The summed E-state index contributed by atoms with van der Waals surface area (Å²) < 4.78 is 31.3. The van der Waals surface area contributed by atoms with Crippen molar-refractivity contribution in [1.29, 1.82) is 0 Å². The number of amides is 1. The molecule has 2 heterocycles. The summed E-state index contributed by atoms with van der Waals surface area (Å²) in [4.78, 5) is 16.4. The maximum Gasteiger partial charge on any atom is 0.261 e. The van der Waals surface area contributed by atoms with Crippen LogP contribution in [0.3, 0.4) is 0 Å². The van der Waals surface area contributed by atoms with Crippen molar-refractivity contribution in [1.82, 2.24) is 10.3 Å². The second-order valence-electron chi connectivity index (χ2n) is 5.92. The molecule has 0 spiro atoms. The van der Waals surface area contributed by atoms with Crippen molar-refractivity contribution in [2.75, 3.05) is 17.1 Å². The van der Waals surface area contributed by atoms with Crippen LogP contribution in [0.15, 0.2) is 42.7 Å². The molecule has 1 aliphatic heterocycles. The number of sulfonamides is 1. The lowest BCUT2D eigenvalue weighted by molar-refractivity contribution is -0.128. The summed E-state index contributed by atoms with van der Waals surface area (Å²) in [5, 5.41) is 3.20. The van der Waals surface area contributed by atoms with Crippen LogP contribution in [0.5, 0.6) is 5.75 Å². The first kappa shape index (κ1) is 18.5. The summed E-state index contributed by atoms with van der Waals surface area (Å²) in [5.41, 5.74) is 1.25. The molecule has 0 bridgehead atoms. The second kappa shape index (κ2) is 7.51. The molecule has 9 heteroatoms. The Labute approximate surface area is 157 Å². The van der Waals surface area contributed by atoms with E-state index in [4.69, 9.17) is 16.3 Å². The normalized spacial score (nSPS) is 17.0. The number of carbonyl (C=O) groups excluding carboxylic acids is 1. The van der Waals surface area contributed by atoms with Crippen molar-refractivity contribution in [2.24, 2.45) is 0 Å². The van der Waals surface area contributed by atoms with Crippen LogP contribution in [0.25, 0.3) is 0 Å². The molecule has 138 valence electrons. The third kappa shape index (κ3) is 4.25. The summed E-state index contributed by atoms with van der Waals surface area (Å²) in [6.45, 7) is 0.462. The Morgan fingerprint density at radius 1 is 1.35 bits per heavy atom. The van der Waals surface area contributed by atoms with Crippen LogP contribution in [0.4, 0.5) is 5.69 Å². The van der Waals surface area contributed by atoms with Crippen molar-refractivity contribution in [2.45, 2.75) is 19.1 Å². The average molecular weight is 396 g/mol. The predicted molar refractivity (Wildman–Crippen MR) is 98.8 cm³/mol. The highest BCUT2D eigenvalue weighted by Gasteiger charge is 2.31. The number of hydrogen-bond donors (Lipinski definition) is 1. The number of aromatic nitrogens is 1. The van der Waals surface area contributed by atoms with Gasteiger partial charge in [0, 0.05) is 36.9 Å². The molecule has 0 fully saturated rings. The molecule has 1 aromatic carbocycles. The molecule has 1 aliphatic rings. The van der Waals surface area contributed by atoms with E-state index < -0.39 is 16.1 Å². The molecule has 0 aliphatic carbocycles. The van der Waals surface area contributed by atoms with Gasteiger partial charge < -0.3 is 10.1 Å². The molecule has 26 heavy (non-hydrogen) atoms. The molecule has 3 rings (SSSR count). The third-order valence-electron chi connectivity index (χ3n) is 3.96. The fourth-order valence-electron chi connectivity index (χ4n) is 2.68. The molecular formula is C17H18ClN3O4S. The number of carbonyl (C=O) groups is 1. The minimum absolute atomic E-state index is 0.125. The zero-order valence-corrected chi connectivity index (χ0v) is 15.6. The van der Waals surface area contributed by atoms with Crippen LogP contribution in [0, 0.1) is 0 Å². The number of rotatable bonds is 4. The highest BCUT2D eigenvalue weighted by molar-refractivity contribution is 7.92. The highest BCUT2D eigenvalue weighted by Crippen LogP contribution is 2.36. The van der Waals surface area contributed by atoms with Crippen LogP contribution in [-0.2, 0) is 21.4 Å². The van der Waals surface area contributed by atoms with Gasteiger partial charge in [0.15, 0.2) is 6.10 Å². The summed E-state index contributed by atoms with van der Waals surface area (Å²) in [7, 11) is -3.53. The number of anilines is 1. The smallest absolute Gasteiger partial charge is 0.261 e. The Bertz CT molecular complexity index is 905. The van der Waals surface area contributed by atoms with Crippen molar-refractivity contribution in [3.8, 4) is 5.75 Å². The van der Waals surface area contributed by atoms with Gasteiger partial charge in [0.2, 0.25) is 10.0 Å². The van der Waals surface area contributed by atoms with Crippen molar-refractivity contribution in [3.05, 3.63) is 53.3 Å². The fraction of sp³-hybridized carbons (Fsp3) is 0.294. The standard InChI is InChI=1S/C17H18ClN3O4S/c1-26(23,24)21-9-6-16(25-15-3-2-13(18)10-14(15)21)17(22)20-11-12-4-7-19-8-5-12/h2-5,7-8,10,16H,6,9,11H2,1H3,(H,20,22). The first-order valence-electron chi connectivity index (χ1n) is 7.95. The topological polar surface area (TPSA) is 88.6 Å². The number of halogens is 1. The van der Waals surface area contributed by atoms with Gasteiger partial charge in [-0.15, -0.1) is 0 Å². The molecular weight excluding hydrogens is 378 g/mol. The van der Waals surface area contributed by atoms with Gasteiger partial charge in [-0.25, -0.2) is 8.42 Å². The van der Waals surface area contributed by atoms with E-state index in [-0.39, 0.29) is 18.9 Å². The molecule has 1 amide bonds. The van der Waals surface area contributed by atoms with E-state index >= 15 is 0 Å². The maximum absolute atomic E-state index is 12.5. The summed E-state index contributed by atoms with van der Waals surface area (Å²) in [6.07, 6.45) is 3.83. The zero-order valence-electron chi connectivity index (χ0n) is 14.1. The van der Waals surface area contributed by atoms with E-state index in [1.807, 2.05) is 0 Å². The van der Waals surface area contributed by atoms with Gasteiger partial charge in [0.1, 0.15) is 5.75 Å². The number of fused-ring (bicyclic) bond motifs is 1. The Kier molecular flexibility index (Phi) is 5.33. The number of benzene rings is 1. The zero-order chi connectivity index (χ0) is 18.7. The Balaban J connectivity index is 1.79. The molecule has 1 atom stereocenters. The Hall–Kier alpha value is -2.32. The van der Waals surface area contributed by atoms with Gasteiger partial charge >= 0.3 is 0 Å². The summed E-state index contributed by atoms with van der Waals surface area (Å²) in [5.74, 6) is -0.000510. The van der Waals surface area contributed by atoms with E-state index in [1.165, 1.54) is 10.4 Å². The van der Waals surface area contributed by atoms with Gasteiger partial charge in [-0.1, -0.05) is 11.6 Å². The van der Waals surface area contributed by atoms with E-state index in [1.54, 1.807) is 36.7 Å². The number of nitrogens with zero attached hydrogens (tertiary/aromatic N) is 2. The van der Waals surface area contributed by atoms with E-state index in [9.17, 15) is 13.2 Å². The van der Waals surface area contributed by atoms with Crippen LogP contribution in [0.1, 0.15) is 12.0 Å². The maximum atomic E-state index is 12.5. The lowest BCUT2D eigenvalue weighted by Crippen LogP contribution is -2.39. The molecule has 1 N–H and O–H groups in total. The molecule has 0 saturated heterocycles. The monoisotopic (exact) mass is 395 g/mol. The molecule has 0 saturated carbocycles. The van der Waals surface area contributed by atoms with Crippen LogP contribution in [0.2, 0.25) is 5.02 Å². The minimum Gasteiger partial charge on any atom is -0.478 e. The number of hydrogen-bond acceptors (Lipinski definition) is 5. The van der Waals surface area contributed by atoms with E-state index in [2.05, 4.69) is 10.3 Å². The van der Waals surface area contributed by atoms with Gasteiger partial charge in [-0.2, -0.15) is 0 Å². The molecule has 2 aromatic rings. The number of pyridine rings is 1. The first-order chi connectivity index (χ1) is 12.3. The third-order valence-corrected chi connectivity index (χ3v) is 5.38. The summed E-state index contributed by atoms with van der Waals surface area (Å²) in [6, 6.07) is 8.30. The lowest BCUT2D eigenvalue weighted by Gasteiger charge is -2.21. The molecule has 0 radical (unpaired) electrons. The first-order valence-corrected chi connectivity index (χ1v) is 10.2. The van der Waals surface area contributed by atoms with E-state index in [0.29, 0.717) is 23.0 Å². The molecule has 7 nitrogen and oxygen atoms in total. The van der Waals surface area contributed by atoms with Gasteiger partial charge in [-0.05, 0) is 35.9 Å². The summed E-state index contributed by atoms with van der Waals surface area (Å²) >= 11 is 6.00. The predicted octanol–water partition coefficient (Wildman–Crippen LogP) is 1.97. The lowest BCUT2D eigenvalue weighted by atomic mass is 10.2. The van der Waals surface area contributed by atoms with Gasteiger partial charge in [0.25, 0.3) is 5.91 Å². The second-order valence-corrected chi connectivity index (χ2v) is 8.26.